The van der Waals surface area contributed by atoms with Gasteiger partial charge in [0.25, 0.3) is 5.91 Å². The fraction of sp³-hybridized carbons (Fsp3) is 0.364. The van der Waals surface area contributed by atoms with Crippen LogP contribution in [0, 0.1) is 0 Å². The van der Waals surface area contributed by atoms with Crippen molar-refractivity contribution in [2.75, 3.05) is 50.2 Å². The van der Waals surface area contributed by atoms with Crippen LogP contribution in [0.1, 0.15) is 6.42 Å². The Morgan fingerprint density at radius 3 is 2.28 bits per heavy atom. The van der Waals surface area contributed by atoms with Gasteiger partial charge in [0.05, 0.1) is 52.5 Å². The van der Waals surface area contributed by atoms with Gasteiger partial charge in [0, 0.05) is 5.69 Å². The summed E-state index contributed by atoms with van der Waals surface area (Å²) in [6.07, 6.45) is 0.245. The molecule has 0 saturated carbocycles. The van der Waals surface area contributed by atoms with E-state index < -0.39 is 0 Å². The molecular formula is C22H26N3O4+. The Hall–Kier alpha value is -3.06. The number of quaternary nitrogens is 1. The summed E-state index contributed by atoms with van der Waals surface area (Å²) >= 11 is 0. The number of piperazine rings is 1. The molecule has 152 valence electrons. The number of nitrogens with one attached hydrogen (secondary N) is 1. The average molecular weight is 396 g/mol. The van der Waals surface area contributed by atoms with Gasteiger partial charge in [-0.25, -0.2) is 4.90 Å². The third-order valence-electron chi connectivity index (χ3n) is 5.81. The predicted molar refractivity (Wildman–Crippen MR) is 110 cm³/mol. The maximum atomic E-state index is 13.1. The predicted octanol–water partition coefficient (Wildman–Crippen LogP) is 0.741. The van der Waals surface area contributed by atoms with E-state index in [1.54, 1.807) is 26.4 Å². The molecule has 0 spiro atoms. The summed E-state index contributed by atoms with van der Waals surface area (Å²) < 4.78 is 10.6. The van der Waals surface area contributed by atoms with Crippen molar-refractivity contribution in [1.82, 2.24) is 0 Å². The first-order valence-electron chi connectivity index (χ1n) is 9.85. The third kappa shape index (κ3) is 3.65. The van der Waals surface area contributed by atoms with Crippen LogP contribution in [-0.4, -0.2) is 58.3 Å². The Bertz CT molecular complexity index is 891. The molecule has 2 fully saturated rings. The van der Waals surface area contributed by atoms with E-state index in [1.165, 1.54) is 9.80 Å². The second-order valence-corrected chi connectivity index (χ2v) is 7.34. The topological polar surface area (TPSA) is 63.5 Å². The van der Waals surface area contributed by atoms with E-state index >= 15 is 0 Å². The molecule has 1 atom stereocenters. The van der Waals surface area contributed by atoms with Crippen molar-refractivity contribution in [3.8, 4) is 11.5 Å². The van der Waals surface area contributed by atoms with Crippen LogP contribution in [-0.2, 0) is 9.59 Å². The van der Waals surface area contributed by atoms with Crippen LogP contribution in [0.4, 0.5) is 11.4 Å². The molecule has 0 radical (unpaired) electrons. The monoisotopic (exact) mass is 396 g/mol. The van der Waals surface area contributed by atoms with Gasteiger partial charge in [0.2, 0.25) is 5.91 Å². The SMILES string of the molecule is COc1ccc(N2CC[NH+]([C@@H]3CC(=O)N(c4ccccc4OC)C3=O)CC2)cc1. The fourth-order valence-corrected chi connectivity index (χ4v) is 4.21. The molecule has 4 rings (SSSR count). The number of rotatable bonds is 5. The number of benzene rings is 2. The van der Waals surface area contributed by atoms with Crippen LogP contribution in [0.2, 0.25) is 0 Å². The Morgan fingerprint density at radius 2 is 1.62 bits per heavy atom. The number of imide groups is 1. The number of hydrogen-bond donors (Lipinski definition) is 1. The molecule has 2 aromatic rings. The number of ether oxygens (including phenoxy) is 2. The first-order chi connectivity index (χ1) is 14.1. The van der Waals surface area contributed by atoms with Crippen molar-refractivity contribution in [3.05, 3.63) is 48.5 Å². The largest absolute Gasteiger partial charge is 0.497 e. The number of amides is 2. The molecule has 2 saturated heterocycles. The van der Waals surface area contributed by atoms with Crippen LogP contribution in [0.25, 0.3) is 0 Å². The van der Waals surface area contributed by atoms with Crippen molar-refractivity contribution in [2.45, 2.75) is 12.5 Å². The summed E-state index contributed by atoms with van der Waals surface area (Å²) in [6.45, 7) is 3.31. The molecule has 7 heteroatoms. The van der Waals surface area contributed by atoms with Gasteiger partial charge in [-0.1, -0.05) is 12.1 Å². The fourth-order valence-electron chi connectivity index (χ4n) is 4.21. The van der Waals surface area contributed by atoms with Crippen molar-refractivity contribution in [3.63, 3.8) is 0 Å². The molecule has 29 heavy (non-hydrogen) atoms. The molecule has 2 aliphatic rings. The van der Waals surface area contributed by atoms with Crippen LogP contribution >= 0.6 is 0 Å². The lowest BCUT2D eigenvalue weighted by Crippen LogP contribution is -3.19. The molecule has 2 aromatic carbocycles. The van der Waals surface area contributed by atoms with Crippen LogP contribution in [0.15, 0.2) is 48.5 Å². The quantitative estimate of drug-likeness (QED) is 0.756. The highest BCUT2D eigenvalue weighted by Crippen LogP contribution is 2.31. The smallest absolute Gasteiger partial charge is 0.292 e. The van der Waals surface area contributed by atoms with Gasteiger partial charge in [0.15, 0.2) is 6.04 Å². The molecule has 0 unspecified atom stereocenters. The molecule has 2 amide bonds. The molecule has 7 nitrogen and oxygen atoms in total. The zero-order valence-electron chi connectivity index (χ0n) is 16.8. The minimum Gasteiger partial charge on any atom is -0.497 e. The Labute approximate surface area is 170 Å². The lowest BCUT2D eigenvalue weighted by molar-refractivity contribution is -0.915. The van der Waals surface area contributed by atoms with Gasteiger partial charge in [-0.05, 0) is 36.4 Å². The van der Waals surface area contributed by atoms with Crippen molar-refractivity contribution >= 4 is 23.2 Å². The van der Waals surface area contributed by atoms with Crippen molar-refractivity contribution in [2.24, 2.45) is 0 Å². The Balaban J connectivity index is 1.43. The number of nitrogens with zero attached hydrogens (tertiary/aromatic N) is 2. The van der Waals surface area contributed by atoms with E-state index in [4.69, 9.17) is 9.47 Å². The van der Waals surface area contributed by atoms with E-state index in [2.05, 4.69) is 17.0 Å². The average Bonchev–Trinajstić information content (AvgIpc) is 3.07. The van der Waals surface area contributed by atoms with E-state index in [0.717, 1.165) is 37.6 Å². The van der Waals surface area contributed by atoms with Gasteiger partial charge in [-0.2, -0.15) is 0 Å². The standard InChI is InChI=1S/C22H25N3O4/c1-28-17-9-7-16(8-10-17)23-11-13-24(14-12-23)19-15-21(26)25(22(19)27)18-5-3-4-6-20(18)29-2/h3-10,19H,11-15H2,1-2H3/p+1/t19-/m1/s1. The Kier molecular flexibility index (Phi) is 5.40. The lowest BCUT2D eigenvalue weighted by Gasteiger charge is -2.35. The highest BCUT2D eigenvalue weighted by atomic mass is 16.5. The summed E-state index contributed by atoms with van der Waals surface area (Å²) in [5.74, 6) is 1.08. The summed E-state index contributed by atoms with van der Waals surface area (Å²) in [7, 11) is 3.20. The number of hydrogen-bond acceptors (Lipinski definition) is 5. The van der Waals surface area contributed by atoms with Crippen LogP contribution < -0.4 is 24.2 Å². The van der Waals surface area contributed by atoms with Gasteiger partial charge < -0.3 is 19.3 Å². The van der Waals surface area contributed by atoms with E-state index in [1.807, 2.05) is 24.3 Å². The summed E-state index contributed by atoms with van der Waals surface area (Å²) in [5.41, 5.74) is 1.68. The van der Waals surface area contributed by atoms with E-state index in [-0.39, 0.29) is 24.3 Å². The van der Waals surface area contributed by atoms with Gasteiger partial charge in [-0.15, -0.1) is 0 Å². The molecular weight excluding hydrogens is 370 g/mol. The highest BCUT2D eigenvalue weighted by Gasteiger charge is 2.47. The summed E-state index contributed by atoms with van der Waals surface area (Å²) in [5, 5.41) is 0. The first kappa shape index (κ1) is 19.3. The molecule has 0 aromatic heterocycles. The second-order valence-electron chi connectivity index (χ2n) is 7.34. The molecule has 1 N–H and O–H groups in total. The lowest BCUT2D eigenvalue weighted by atomic mass is 10.1. The number of methoxy groups -OCH3 is 2. The second kappa shape index (κ2) is 8.13. The van der Waals surface area contributed by atoms with Gasteiger partial charge >= 0.3 is 0 Å². The molecule has 0 bridgehead atoms. The summed E-state index contributed by atoms with van der Waals surface area (Å²) in [6, 6.07) is 14.9. The molecule has 0 aliphatic carbocycles. The van der Waals surface area contributed by atoms with E-state index in [0.29, 0.717) is 11.4 Å². The van der Waals surface area contributed by atoms with Crippen LogP contribution in [0.3, 0.4) is 0 Å². The maximum Gasteiger partial charge on any atom is 0.292 e. The maximum absolute atomic E-state index is 13.1. The zero-order chi connectivity index (χ0) is 20.4. The summed E-state index contributed by atoms with van der Waals surface area (Å²) in [4.78, 5) is 30.6. The molecule has 2 heterocycles. The third-order valence-corrected chi connectivity index (χ3v) is 5.81. The Morgan fingerprint density at radius 1 is 0.931 bits per heavy atom. The zero-order valence-corrected chi connectivity index (χ0v) is 16.8. The van der Waals surface area contributed by atoms with Crippen molar-refractivity contribution < 1.29 is 24.0 Å². The van der Waals surface area contributed by atoms with Gasteiger partial charge in [0.1, 0.15) is 11.5 Å². The minimum absolute atomic E-state index is 0.132. The number of para-hydroxylation sites is 2. The number of carbonyl (C=O) groups excluding carboxylic acids is 2. The normalized spacial score (nSPS) is 20.3. The number of carbonyl (C=O) groups is 2. The molecule has 2 aliphatic heterocycles. The number of anilines is 2. The first-order valence-corrected chi connectivity index (χ1v) is 9.85. The highest BCUT2D eigenvalue weighted by molar-refractivity contribution is 6.22. The van der Waals surface area contributed by atoms with Crippen molar-refractivity contribution in [1.29, 1.82) is 0 Å². The van der Waals surface area contributed by atoms with Crippen LogP contribution in [0.5, 0.6) is 11.5 Å². The van der Waals surface area contributed by atoms with E-state index in [9.17, 15) is 9.59 Å². The van der Waals surface area contributed by atoms with Gasteiger partial charge in [-0.3, -0.25) is 9.59 Å². The minimum atomic E-state index is -0.328.